The fraction of sp³-hybridized carbons (Fsp3) is 1.00. The van der Waals surface area contributed by atoms with Crippen LogP contribution in [0, 0.1) is 0 Å². The lowest BCUT2D eigenvalue weighted by atomic mass is 10.2. The summed E-state index contributed by atoms with van der Waals surface area (Å²) in [5.74, 6) is 0. The molecule has 0 aliphatic heterocycles. The van der Waals surface area contributed by atoms with Gasteiger partial charge in [-0.05, 0) is 26.9 Å². The van der Waals surface area contributed by atoms with Crippen molar-refractivity contribution < 1.29 is 0 Å². The largest absolute Gasteiger partial charge is 0.314 e. The van der Waals surface area contributed by atoms with E-state index in [9.17, 15) is 0 Å². The van der Waals surface area contributed by atoms with Gasteiger partial charge in [-0.1, -0.05) is 12.8 Å². The van der Waals surface area contributed by atoms with Gasteiger partial charge in [0, 0.05) is 32.2 Å². The third-order valence-corrected chi connectivity index (χ3v) is 2.83. The van der Waals surface area contributed by atoms with Gasteiger partial charge < -0.3 is 15.5 Å². The molecule has 0 amide bonds. The molecule has 3 heteroatoms. The molecule has 14 heavy (non-hydrogen) atoms. The Morgan fingerprint density at radius 2 is 1.79 bits per heavy atom. The lowest BCUT2D eigenvalue weighted by Gasteiger charge is -2.13. The minimum atomic E-state index is 0.811. The van der Waals surface area contributed by atoms with E-state index in [1.165, 1.54) is 25.7 Å². The Labute approximate surface area is 88.2 Å². The molecule has 1 fully saturated rings. The summed E-state index contributed by atoms with van der Waals surface area (Å²) in [6, 6.07) is 0.811. The third kappa shape index (κ3) is 5.58. The molecule has 3 nitrogen and oxygen atoms in total. The molecule has 0 unspecified atom stereocenters. The van der Waals surface area contributed by atoms with Crippen molar-refractivity contribution in [3.05, 3.63) is 0 Å². The first-order valence-electron chi connectivity index (χ1n) is 5.88. The van der Waals surface area contributed by atoms with Gasteiger partial charge in [0.2, 0.25) is 0 Å². The molecule has 0 heterocycles. The van der Waals surface area contributed by atoms with Crippen molar-refractivity contribution in [2.24, 2.45) is 0 Å². The van der Waals surface area contributed by atoms with E-state index < -0.39 is 0 Å². The van der Waals surface area contributed by atoms with Crippen LogP contribution in [0.4, 0.5) is 0 Å². The van der Waals surface area contributed by atoms with E-state index in [2.05, 4.69) is 29.6 Å². The quantitative estimate of drug-likeness (QED) is 0.590. The van der Waals surface area contributed by atoms with Gasteiger partial charge in [-0.2, -0.15) is 0 Å². The van der Waals surface area contributed by atoms with Gasteiger partial charge in [-0.15, -0.1) is 0 Å². The standard InChI is InChI=1S/C11H25N3/c1-14(2)10-9-12-7-8-13-11-5-3-4-6-11/h11-13H,3-10H2,1-2H3. The number of hydrogen-bond donors (Lipinski definition) is 2. The SMILES string of the molecule is CN(C)CCNCCNC1CCCC1. The van der Waals surface area contributed by atoms with Crippen LogP contribution >= 0.6 is 0 Å². The highest BCUT2D eigenvalue weighted by Gasteiger charge is 2.12. The van der Waals surface area contributed by atoms with Crippen LogP contribution in [0.2, 0.25) is 0 Å². The van der Waals surface area contributed by atoms with E-state index in [1.807, 2.05) is 0 Å². The van der Waals surface area contributed by atoms with E-state index >= 15 is 0 Å². The summed E-state index contributed by atoms with van der Waals surface area (Å²) in [6.07, 6.45) is 5.62. The molecule has 2 N–H and O–H groups in total. The summed E-state index contributed by atoms with van der Waals surface area (Å²) in [5.41, 5.74) is 0. The Kier molecular flexibility index (Phi) is 6.15. The fourth-order valence-electron chi connectivity index (χ4n) is 1.92. The van der Waals surface area contributed by atoms with E-state index in [1.54, 1.807) is 0 Å². The highest BCUT2D eigenvalue weighted by Crippen LogP contribution is 2.16. The summed E-state index contributed by atoms with van der Waals surface area (Å²) in [7, 11) is 4.22. The molecule has 0 spiro atoms. The normalized spacial score (nSPS) is 18.2. The molecule has 0 aromatic heterocycles. The molecule has 0 aromatic carbocycles. The molecule has 1 aliphatic rings. The first-order valence-corrected chi connectivity index (χ1v) is 5.88. The second-order valence-corrected chi connectivity index (χ2v) is 4.49. The van der Waals surface area contributed by atoms with Crippen LogP contribution in [0.1, 0.15) is 25.7 Å². The van der Waals surface area contributed by atoms with Crippen molar-refractivity contribution >= 4 is 0 Å². The van der Waals surface area contributed by atoms with Crippen LogP contribution in [0.3, 0.4) is 0 Å². The van der Waals surface area contributed by atoms with Crippen molar-refractivity contribution in [1.82, 2.24) is 15.5 Å². The zero-order valence-electron chi connectivity index (χ0n) is 9.68. The first-order chi connectivity index (χ1) is 6.79. The van der Waals surface area contributed by atoms with Gasteiger partial charge >= 0.3 is 0 Å². The Hall–Kier alpha value is -0.120. The number of nitrogens with zero attached hydrogens (tertiary/aromatic N) is 1. The maximum Gasteiger partial charge on any atom is 0.0101 e. The zero-order valence-corrected chi connectivity index (χ0v) is 9.68. The summed E-state index contributed by atoms with van der Waals surface area (Å²) in [4.78, 5) is 2.21. The van der Waals surface area contributed by atoms with Crippen LogP contribution in [-0.2, 0) is 0 Å². The van der Waals surface area contributed by atoms with Crippen LogP contribution in [-0.4, -0.2) is 51.2 Å². The molecule has 0 bridgehead atoms. The van der Waals surface area contributed by atoms with E-state index in [-0.39, 0.29) is 0 Å². The third-order valence-electron chi connectivity index (χ3n) is 2.83. The van der Waals surface area contributed by atoms with Gasteiger partial charge in [0.15, 0.2) is 0 Å². The fourth-order valence-corrected chi connectivity index (χ4v) is 1.92. The average Bonchev–Trinajstić information content (AvgIpc) is 2.63. The van der Waals surface area contributed by atoms with E-state index in [0.717, 1.165) is 32.2 Å². The van der Waals surface area contributed by atoms with Gasteiger partial charge in [0.1, 0.15) is 0 Å². The maximum absolute atomic E-state index is 3.59. The average molecular weight is 199 g/mol. The Morgan fingerprint density at radius 1 is 1.07 bits per heavy atom. The van der Waals surface area contributed by atoms with Crippen molar-refractivity contribution in [2.45, 2.75) is 31.7 Å². The first kappa shape index (κ1) is 12.0. The summed E-state index contributed by atoms with van der Waals surface area (Å²) < 4.78 is 0. The zero-order chi connectivity index (χ0) is 10.2. The minimum Gasteiger partial charge on any atom is -0.314 e. The summed E-state index contributed by atoms with van der Waals surface area (Å²) in [5, 5.41) is 7.03. The van der Waals surface area contributed by atoms with E-state index in [0.29, 0.717) is 0 Å². The number of likely N-dealkylation sites (N-methyl/N-ethyl adjacent to an activating group) is 1. The van der Waals surface area contributed by atoms with Crippen molar-refractivity contribution in [1.29, 1.82) is 0 Å². The topological polar surface area (TPSA) is 27.3 Å². The van der Waals surface area contributed by atoms with Crippen molar-refractivity contribution in [3.63, 3.8) is 0 Å². The van der Waals surface area contributed by atoms with Crippen LogP contribution in [0.5, 0.6) is 0 Å². The van der Waals surface area contributed by atoms with Crippen LogP contribution in [0.15, 0.2) is 0 Å². The smallest absolute Gasteiger partial charge is 0.0101 e. The van der Waals surface area contributed by atoms with E-state index in [4.69, 9.17) is 0 Å². The maximum atomic E-state index is 3.59. The molecule has 0 aromatic rings. The summed E-state index contributed by atoms with van der Waals surface area (Å²) in [6.45, 7) is 4.45. The molecule has 1 saturated carbocycles. The van der Waals surface area contributed by atoms with Gasteiger partial charge in [-0.3, -0.25) is 0 Å². The Balaban J connectivity index is 1.79. The second kappa shape index (κ2) is 7.21. The van der Waals surface area contributed by atoms with Crippen molar-refractivity contribution in [2.75, 3.05) is 40.3 Å². The minimum absolute atomic E-state index is 0.811. The van der Waals surface area contributed by atoms with Crippen molar-refractivity contribution in [3.8, 4) is 0 Å². The van der Waals surface area contributed by atoms with Gasteiger partial charge in [0.05, 0.1) is 0 Å². The molecule has 0 saturated heterocycles. The molecule has 0 atom stereocenters. The highest BCUT2D eigenvalue weighted by molar-refractivity contribution is 4.73. The molecular formula is C11H25N3. The van der Waals surface area contributed by atoms with Crippen LogP contribution < -0.4 is 10.6 Å². The van der Waals surface area contributed by atoms with Gasteiger partial charge in [-0.25, -0.2) is 0 Å². The number of nitrogens with one attached hydrogen (secondary N) is 2. The highest BCUT2D eigenvalue weighted by atomic mass is 15.1. The Bertz CT molecular complexity index is 130. The molecule has 1 aliphatic carbocycles. The molecule has 1 rings (SSSR count). The van der Waals surface area contributed by atoms with Crippen LogP contribution in [0.25, 0.3) is 0 Å². The number of rotatable bonds is 7. The second-order valence-electron chi connectivity index (χ2n) is 4.49. The summed E-state index contributed by atoms with van der Waals surface area (Å²) >= 11 is 0. The molecule has 84 valence electrons. The lowest BCUT2D eigenvalue weighted by Crippen LogP contribution is -2.35. The monoisotopic (exact) mass is 199 g/mol. The Morgan fingerprint density at radius 3 is 2.43 bits per heavy atom. The predicted octanol–water partition coefficient (Wildman–Crippen LogP) is 0.670. The van der Waals surface area contributed by atoms with Gasteiger partial charge in [0.25, 0.3) is 0 Å². The lowest BCUT2D eigenvalue weighted by molar-refractivity contribution is 0.397. The molecule has 0 radical (unpaired) electrons. The predicted molar refractivity (Wildman–Crippen MR) is 61.7 cm³/mol. The molecular weight excluding hydrogens is 174 g/mol. The number of hydrogen-bond acceptors (Lipinski definition) is 3.